The van der Waals surface area contributed by atoms with Crippen molar-refractivity contribution in [2.75, 3.05) is 19.6 Å². The Kier molecular flexibility index (Phi) is 4.27. The third-order valence-electron chi connectivity index (χ3n) is 5.73. The van der Waals surface area contributed by atoms with E-state index in [2.05, 4.69) is 15.3 Å². The van der Waals surface area contributed by atoms with Gasteiger partial charge in [-0.2, -0.15) is 5.10 Å². The molecule has 0 radical (unpaired) electrons. The van der Waals surface area contributed by atoms with Crippen LogP contribution in [0.15, 0.2) is 24.3 Å². The van der Waals surface area contributed by atoms with Gasteiger partial charge in [0.15, 0.2) is 5.69 Å². The van der Waals surface area contributed by atoms with Gasteiger partial charge in [-0.15, -0.1) is 0 Å². The maximum absolute atomic E-state index is 12.7. The highest BCUT2D eigenvalue weighted by Crippen LogP contribution is 2.30. The van der Waals surface area contributed by atoms with E-state index in [-0.39, 0.29) is 5.91 Å². The number of hydrogen-bond donors (Lipinski definition) is 1. The summed E-state index contributed by atoms with van der Waals surface area (Å²) in [6, 6.07) is 8.57. The van der Waals surface area contributed by atoms with Gasteiger partial charge in [0.2, 0.25) is 0 Å². The van der Waals surface area contributed by atoms with E-state index in [9.17, 15) is 4.79 Å². The Labute approximate surface area is 143 Å². The molecule has 1 aromatic carbocycles. The van der Waals surface area contributed by atoms with Crippen LogP contribution in [0.1, 0.15) is 42.6 Å². The molecule has 5 nitrogen and oxygen atoms in total. The predicted octanol–water partition coefficient (Wildman–Crippen LogP) is 2.57. The summed E-state index contributed by atoms with van der Waals surface area (Å²) in [4.78, 5) is 15.3. The molecule has 0 bridgehead atoms. The molecule has 2 atom stereocenters. The van der Waals surface area contributed by atoms with E-state index < -0.39 is 0 Å². The van der Waals surface area contributed by atoms with Crippen LogP contribution in [-0.4, -0.2) is 46.3 Å². The standard InChI is InChI=1S/C19H26N4O/c1-22-17-10-3-2-8-15(17)18(21-22)19(24)20-13-14-7-6-12-23-11-5-4-9-16(14)23/h2-3,8,10,14,16H,4-7,9,11-13H2,1H3,(H,20,24)/t14-,16-/m0/s1. The van der Waals surface area contributed by atoms with Crippen molar-refractivity contribution in [2.24, 2.45) is 13.0 Å². The molecule has 0 unspecified atom stereocenters. The van der Waals surface area contributed by atoms with Crippen LogP contribution in [0.5, 0.6) is 0 Å². The van der Waals surface area contributed by atoms with Gasteiger partial charge in [-0.3, -0.25) is 9.48 Å². The van der Waals surface area contributed by atoms with Crippen LogP contribution in [-0.2, 0) is 7.05 Å². The van der Waals surface area contributed by atoms with Gasteiger partial charge in [0.25, 0.3) is 5.91 Å². The zero-order valence-corrected chi connectivity index (χ0v) is 14.4. The summed E-state index contributed by atoms with van der Waals surface area (Å²) < 4.78 is 1.79. The average molecular weight is 326 g/mol. The van der Waals surface area contributed by atoms with Gasteiger partial charge in [-0.25, -0.2) is 0 Å². The fourth-order valence-electron chi connectivity index (χ4n) is 4.50. The molecule has 0 spiro atoms. The third kappa shape index (κ3) is 2.81. The lowest BCUT2D eigenvalue weighted by atomic mass is 9.83. The lowest BCUT2D eigenvalue weighted by Crippen LogP contribution is -2.51. The second kappa shape index (κ2) is 6.55. The summed E-state index contributed by atoms with van der Waals surface area (Å²) in [5, 5.41) is 8.53. The molecule has 2 aliphatic rings. The Hall–Kier alpha value is -1.88. The number of aromatic nitrogens is 2. The van der Waals surface area contributed by atoms with Gasteiger partial charge >= 0.3 is 0 Å². The van der Waals surface area contributed by atoms with Crippen molar-refractivity contribution in [2.45, 2.75) is 38.1 Å². The van der Waals surface area contributed by atoms with Crippen LogP contribution in [0.3, 0.4) is 0 Å². The smallest absolute Gasteiger partial charge is 0.272 e. The van der Waals surface area contributed by atoms with Crippen molar-refractivity contribution in [1.82, 2.24) is 20.0 Å². The van der Waals surface area contributed by atoms with Crippen molar-refractivity contribution in [3.8, 4) is 0 Å². The molecule has 1 N–H and O–H groups in total. The maximum Gasteiger partial charge on any atom is 0.272 e. The van der Waals surface area contributed by atoms with Crippen LogP contribution in [0.4, 0.5) is 0 Å². The average Bonchev–Trinajstić information content (AvgIpc) is 2.97. The summed E-state index contributed by atoms with van der Waals surface area (Å²) in [7, 11) is 1.89. The van der Waals surface area contributed by atoms with E-state index in [0.29, 0.717) is 17.7 Å². The highest BCUT2D eigenvalue weighted by atomic mass is 16.1. The number of carbonyl (C=O) groups is 1. The Balaban J connectivity index is 1.46. The van der Waals surface area contributed by atoms with Crippen molar-refractivity contribution < 1.29 is 4.79 Å². The van der Waals surface area contributed by atoms with E-state index >= 15 is 0 Å². The van der Waals surface area contributed by atoms with E-state index in [4.69, 9.17) is 0 Å². The van der Waals surface area contributed by atoms with Crippen molar-refractivity contribution >= 4 is 16.8 Å². The summed E-state index contributed by atoms with van der Waals surface area (Å²) in [5.74, 6) is 0.540. The first-order valence-electron chi connectivity index (χ1n) is 9.18. The number of nitrogens with zero attached hydrogens (tertiary/aromatic N) is 3. The molecule has 0 aliphatic carbocycles. The zero-order chi connectivity index (χ0) is 16.5. The lowest BCUT2D eigenvalue weighted by Gasteiger charge is -2.44. The second-order valence-corrected chi connectivity index (χ2v) is 7.20. The molecule has 2 aliphatic heterocycles. The molecule has 4 rings (SSSR count). The molecule has 2 aromatic rings. The van der Waals surface area contributed by atoms with Gasteiger partial charge in [-0.1, -0.05) is 24.6 Å². The molecular formula is C19H26N4O. The Morgan fingerprint density at radius 1 is 1.21 bits per heavy atom. The van der Waals surface area contributed by atoms with E-state index in [1.54, 1.807) is 4.68 Å². The molecule has 0 saturated carbocycles. The first-order chi connectivity index (χ1) is 11.7. The first-order valence-corrected chi connectivity index (χ1v) is 9.18. The minimum atomic E-state index is -0.0419. The van der Waals surface area contributed by atoms with Gasteiger partial charge in [-0.05, 0) is 50.8 Å². The number of carbonyl (C=O) groups excluding carboxylic acids is 1. The van der Waals surface area contributed by atoms with Gasteiger partial charge in [0.05, 0.1) is 5.52 Å². The minimum Gasteiger partial charge on any atom is -0.350 e. The number of amides is 1. The van der Waals surface area contributed by atoms with Crippen LogP contribution >= 0.6 is 0 Å². The molecule has 1 amide bonds. The summed E-state index contributed by atoms with van der Waals surface area (Å²) >= 11 is 0. The van der Waals surface area contributed by atoms with Crippen LogP contribution in [0.2, 0.25) is 0 Å². The topological polar surface area (TPSA) is 50.2 Å². The van der Waals surface area contributed by atoms with Gasteiger partial charge < -0.3 is 10.2 Å². The van der Waals surface area contributed by atoms with Gasteiger partial charge in [0.1, 0.15) is 0 Å². The molecule has 1 aromatic heterocycles. The summed E-state index contributed by atoms with van der Waals surface area (Å²) in [5.41, 5.74) is 1.54. The van der Waals surface area contributed by atoms with E-state index in [1.165, 1.54) is 45.2 Å². The highest BCUT2D eigenvalue weighted by Gasteiger charge is 2.33. The number of hydrogen-bond acceptors (Lipinski definition) is 3. The normalized spacial score (nSPS) is 24.7. The number of piperidine rings is 2. The SMILES string of the molecule is Cn1nc(C(=O)NC[C@@H]2CCCN3CCCC[C@@H]23)c2ccccc21. The van der Waals surface area contributed by atoms with Crippen molar-refractivity contribution in [1.29, 1.82) is 0 Å². The number of nitrogens with one attached hydrogen (secondary N) is 1. The van der Waals surface area contributed by atoms with E-state index in [1.807, 2.05) is 31.3 Å². The molecule has 2 fully saturated rings. The zero-order valence-electron chi connectivity index (χ0n) is 14.4. The van der Waals surface area contributed by atoms with Crippen LogP contribution < -0.4 is 5.32 Å². The lowest BCUT2D eigenvalue weighted by molar-refractivity contribution is 0.0575. The number of benzene rings is 1. The number of fused-ring (bicyclic) bond motifs is 2. The molecule has 3 heterocycles. The summed E-state index contributed by atoms with van der Waals surface area (Å²) in [6.07, 6.45) is 6.42. The molecular weight excluding hydrogens is 300 g/mol. The number of aryl methyl sites for hydroxylation is 1. The fourth-order valence-corrected chi connectivity index (χ4v) is 4.50. The molecule has 128 valence electrons. The van der Waals surface area contributed by atoms with Gasteiger partial charge in [0, 0.05) is 25.0 Å². The van der Waals surface area contributed by atoms with E-state index in [0.717, 1.165) is 17.4 Å². The van der Waals surface area contributed by atoms with Crippen molar-refractivity contribution in [3.63, 3.8) is 0 Å². The number of rotatable bonds is 3. The molecule has 24 heavy (non-hydrogen) atoms. The quantitative estimate of drug-likeness (QED) is 0.943. The summed E-state index contributed by atoms with van der Waals surface area (Å²) in [6.45, 7) is 3.24. The predicted molar refractivity (Wildman–Crippen MR) is 95.0 cm³/mol. The van der Waals surface area contributed by atoms with Crippen molar-refractivity contribution in [3.05, 3.63) is 30.0 Å². The Bertz CT molecular complexity index is 736. The highest BCUT2D eigenvalue weighted by molar-refractivity contribution is 6.04. The molecule has 2 saturated heterocycles. The maximum atomic E-state index is 12.7. The third-order valence-corrected chi connectivity index (χ3v) is 5.73. The largest absolute Gasteiger partial charge is 0.350 e. The first kappa shape index (κ1) is 15.6. The minimum absolute atomic E-state index is 0.0419. The molecule has 5 heteroatoms. The Morgan fingerprint density at radius 3 is 2.96 bits per heavy atom. The number of para-hydroxylation sites is 1. The second-order valence-electron chi connectivity index (χ2n) is 7.20. The van der Waals surface area contributed by atoms with Crippen LogP contribution in [0.25, 0.3) is 10.9 Å². The fraction of sp³-hybridized carbons (Fsp3) is 0.579. The Morgan fingerprint density at radius 2 is 2.04 bits per heavy atom. The van der Waals surface area contributed by atoms with Crippen LogP contribution in [0, 0.1) is 5.92 Å². The monoisotopic (exact) mass is 326 g/mol.